The molecule has 0 saturated carbocycles. The van der Waals surface area contributed by atoms with E-state index in [4.69, 9.17) is 23.2 Å². The normalized spacial score (nSPS) is 17.9. The van der Waals surface area contributed by atoms with Gasteiger partial charge in [-0.3, -0.25) is 9.48 Å². The smallest absolute Gasteiger partial charge is 0.224 e. The Morgan fingerprint density at radius 3 is 2.91 bits per heavy atom. The molecule has 1 aromatic carbocycles. The summed E-state index contributed by atoms with van der Waals surface area (Å²) < 4.78 is 1.67. The number of hydrogen-bond acceptors (Lipinski definition) is 3. The second-order valence-electron chi connectivity index (χ2n) is 5.33. The first-order chi connectivity index (χ1) is 10.6. The van der Waals surface area contributed by atoms with Crippen LogP contribution in [0.1, 0.15) is 30.9 Å². The van der Waals surface area contributed by atoms with Gasteiger partial charge in [0.2, 0.25) is 5.91 Å². The summed E-state index contributed by atoms with van der Waals surface area (Å²) in [6, 6.07) is 5.67. The lowest BCUT2D eigenvalue weighted by atomic mass is 10.0. The molecule has 1 aromatic heterocycles. The van der Waals surface area contributed by atoms with Crippen molar-refractivity contribution < 1.29 is 4.79 Å². The lowest BCUT2D eigenvalue weighted by molar-refractivity contribution is -0.132. The first-order valence-corrected chi connectivity index (χ1v) is 7.97. The van der Waals surface area contributed by atoms with E-state index < -0.39 is 0 Å². The van der Waals surface area contributed by atoms with Gasteiger partial charge in [-0.2, -0.15) is 5.10 Å². The van der Waals surface area contributed by atoms with Crippen molar-refractivity contribution in [3.05, 3.63) is 46.5 Å². The Morgan fingerprint density at radius 2 is 2.18 bits per heavy atom. The van der Waals surface area contributed by atoms with Crippen LogP contribution in [-0.2, 0) is 11.3 Å². The molecular formula is C15H16Cl2N4O. The van der Waals surface area contributed by atoms with E-state index in [-0.39, 0.29) is 11.9 Å². The third-order valence-corrected chi connectivity index (χ3v) is 4.66. The molecular weight excluding hydrogens is 323 g/mol. The van der Waals surface area contributed by atoms with Crippen LogP contribution >= 0.6 is 23.2 Å². The Morgan fingerprint density at radius 1 is 1.32 bits per heavy atom. The number of carbonyl (C=O) groups excluding carboxylic acids is 1. The van der Waals surface area contributed by atoms with Gasteiger partial charge in [-0.1, -0.05) is 29.3 Å². The fraction of sp³-hybridized carbons (Fsp3) is 0.400. The third-order valence-electron chi connectivity index (χ3n) is 3.92. The van der Waals surface area contributed by atoms with E-state index in [2.05, 4.69) is 10.1 Å². The molecule has 2 aromatic rings. The van der Waals surface area contributed by atoms with E-state index in [0.29, 0.717) is 23.0 Å². The molecule has 7 heteroatoms. The summed E-state index contributed by atoms with van der Waals surface area (Å²) in [6.45, 7) is 1.32. The Bertz CT molecular complexity index is 660. The standard InChI is InChI=1S/C15H16Cl2N4O/c16-12-4-3-11(8-13(12)17)14-2-1-6-21(14)15(22)5-7-20-10-18-9-19-20/h3-4,8-10,14H,1-2,5-7H2. The van der Waals surface area contributed by atoms with Crippen molar-refractivity contribution in [2.45, 2.75) is 31.8 Å². The number of rotatable bonds is 4. The van der Waals surface area contributed by atoms with Crippen LogP contribution in [0.5, 0.6) is 0 Å². The average Bonchev–Trinajstić information content (AvgIpc) is 3.18. The van der Waals surface area contributed by atoms with E-state index in [1.807, 2.05) is 17.0 Å². The molecule has 22 heavy (non-hydrogen) atoms. The van der Waals surface area contributed by atoms with Crippen LogP contribution in [0.2, 0.25) is 10.0 Å². The summed E-state index contributed by atoms with van der Waals surface area (Å²) in [5, 5.41) is 5.08. The summed E-state index contributed by atoms with van der Waals surface area (Å²) in [7, 11) is 0. The van der Waals surface area contributed by atoms with Gasteiger partial charge in [0, 0.05) is 13.0 Å². The Kier molecular flexibility index (Phi) is 4.64. The highest BCUT2D eigenvalue weighted by atomic mass is 35.5. The minimum absolute atomic E-state index is 0.0815. The molecule has 0 N–H and O–H groups in total. The van der Waals surface area contributed by atoms with Crippen molar-refractivity contribution >= 4 is 29.1 Å². The van der Waals surface area contributed by atoms with Gasteiger partial charge >= 0.3 is 0 Å². The maximum absolute atomic E-state index is 12.5. The van der Waals surface area contributed by atoms with Crippen LogP contribution in [0.15, 0.2) is 30.9 Å². The third kappa shape index (κ3) is 3.25. The number of carbonyl (C=O) groups is 1. The monoisotopic (exact) mass is 338 g/mol. The van der Waals surface area contributed by atoms with Crippen LogP contribution in [0, 0.1) is 0 Å². The highest BCUT2D eigenvalue weighted by Gasteiger charge is 2.29. The minimum Gasteiger partial charge on any atom is -0.336 e. The topological polar surface area (TPSA) is 51.0 Å². The summed E-state index contributed by atoms with van der Waals surface area (Å²) in [5.74, 6) is 0.129. The summed E-state index contributed by atoms with van der Waals surface area (Å²) in [5.41, 5.74) is 1.04. The molecule has 0 bridgehead atoms. The molecule has 1 saturated heterocycles. The van der Waals surface area contributed by atoms with E-state index >= 15 is 0 Å². The van der Waals surface area contributed by atoms with E-state index in [1.165, 1.54) is 6.33 Å². The van der Waals surface area contributed by atoms with Gasteiger partial charge < -0.3 is 4.90 Å². The van der Waals surface area contributed by atoms with Crippen LogP contribution in [-0.4, -0.2) is 32.1 Å². The predicted molar refractivity (Wildman–Crippen MR) is 84.8 cm³/mol. The molecule has 0 spiro atoms. The number of amides is 1. The van der Waals surface area contributed by atoms with E-state index in [9.17, 15) is 4.79 Å². The predicted octanol–water partition coefficient (Wildman–Crippen LogP) is 3.34. The van der Waals surface area contributed by atoms with Crippen molar-refractivity contribution in [2.24, 2.45) is 0 Å². The highest BCUT2D eigenvalue weighted by molar-refractivity contribution is 6.42. The molecule has 5 nitrogen and oxygen atoms in total. The second kappa shape index (κ2) is 6.67. The Balaban J connectivity index is 1.69. The quantitative estimate of drug-likeness (QED) is 0.858. The molecule has 1 fully saturated rings. The van der Waals surface area contributed by atoms with Crippen molar-refractivity contribution in [2.75, 3.05) is 6.54 Å². The molecule has 2 heterocycles. The molecule has 3 rings (SSSR count). The summed E-state index contributed by atoms with van der Waals surface area (Å²) >= 11 is 12.1. The van der Waals surface area contributed by atoms with Crippen LogP contribution < -0.4 is 0 Å². The molecule has 1 atom stereocenters. The highest BCUT2D eigenvalue weighted by Crippen LogP contribution is 2.35. The lowest BCUT2D eigenvalue weighted by Crippen LogP contribution is -2.31. The van der Waals surface area contributed by atoms with Gasteiger partial charge in [0.25, 0.3) is 0 Å². The number of nitrogens with zero attached hydrogens (tertiary/aromatic N) is 4. The Labute approximate surface area is 138 Å². The van der Waals surface area contributed by atoms with E-state index in [1.54, 1.807) is 17.1 Å². The second-order valence-corrected chi connectivity index (χ2v) is 6.14. The first-order valence-electron chi connectivity index (χ1n) is 7.22. The number of halogens is 2. The molecule has 0 radical (unpaired) electrons. The van der Waals surface area contributed by atoms with Crippen LogP contribution in [0.3, 0.4) is 0 Å². The van der Waals surface area contributed by atoms with Gasteiger partial charge in [0.15, 0.2) is 0 Å². The SMILES string of the molecule is O=C(CCn1cncn1)N1CCCC1c1ccc(Cl)c(Cl)c1. The average molecular weight is 339 g/mol. The molecule has 1 unspecified atom stereocenters. The Hall–Kier alpha value is -1.59. The molecule has 116 valence electrons. The molecule has 1 aliphatic heterocycles. The van der Waals surface area contributed by atoms with Gasteiger partial charge in [-0.15, -0.1) is 0 Å². The van der Waals surface area contributed by atoms with Gasteiger partial charge in [-0.25, -0.2) is 4.98 Å². The maximum atomic E-state index is 12.5. The minimum atomic E-state index is 0.0815. The van der Waals surface area contributed by atoms with Crippen molar-refractivity contribution in [3.63, 3.8) is 0 Å². The van der Waals surface area contributed by atoms with E-state index in [0.717, 1.165) is 24.9 Å². The molecule has 1 aliphatic rings. The zero-order chi connectivity index (χ0) is 15.5. The lowest BCUT2D eigenvalue weighted by Gasteiger charge is -2.25. The van der Waals surface area contributed by atoms with Crippen molar-refractivity contribution in [1.82, 2.24) is 19.7 Å². The van der Waals surface area contributed by atoms with Crippen LogP contribution in [0.25, 0.3) is 0 Å². The number of benzene rings is 1. The first kappa shape index (κ1) is 15.3. The van der Waals surface area contributed by atoms with Crippen LogP contribution in [0.4, 0.5) is 0 Å². The van der Waals surface area contributed by atoms with Crippen molar-refractivity contribution in [3.8, 4) is 0 Å². The maximum Gasteiger partial charge on any atom is 0.224 e. The van der Waals surface area contributed by atoms with Crippen molar-refractivity contribution in [1.29, 1.82) is 0 Å². The number of aromatic nitrogens is 3. The fourth-order valence-corrected chi connectivity index (χ4v) is 3.14. The molecule has 0 aliphatic carbocycles. The summed E-state index contributed by atoms with van der Waals surface area (Å²) in [6.07, 6.45) is 5.46. The van der Waals surface area contributed by atoms with Gasteiger partial charge in [0.05, 0.1) is 22.6 Å². The number of aryl methyl sites for hydroxylation is 1. The fourth-order valence-electron chi connectivity index (χ4n) is 2.83. The summed E-state index contributed by atoms with van der Waals surface area (Å²) in [4.78, 5) is 18.3. The van der Waals surface area contributed by atoms with Gasteiger partial charge in [-0.05, 0) is 30.5 Å². The zero-order valence-electron chi connectivity index (χ0n) is 12.0. The molecule has 1 amide bonds. The number of likely N-dealkylation sites (tertiary alicyclic amines) is 1. The zero-order valence-corrected chi connectivity index (χ0v) is 13.5. The largest absolute Gasteiger partial charge is 0.336 e. The van der Waals surface area contributed by atoms with Gasteiger partial charge in [0.1, 0.15) is 12.7 Å². The number of hydrogen-bond donors (Lipinski definition) is 0.